The van der Waals surface area contributed by atoms with E-state index in [0.717, 1.165) is 18.7 Å². The van der Waals surface area contributed by atoms with Gasteiger partial charge in [0.2, 0.25) is 0 Å². The number of carboxylic acids is 1. The fraction of sp³-hybridized carbons (Fsp3) is 0.389. The number of unbranched alkanes of at least 4 members (excludes halogenated alkanes) is 3. The van der Waals surface area contributed by atoms with E-state index in [1.165, 1.54) is 31.4 Å². The molecule has 2 N–H and O–H groups in total. The molecule has 0 aliphatic carbocycles. The molecule has 0 bridgehead atoms. The van der Waals surface area contributed by atoms with Crippen molar-refractivity contribution in [2.45, 2.75) is 39.2 Å². The molecular weight excluding hydrogens is 349 g/mol. The summed E-state index contributed by atoms with van der Waals surface area (Å²) in [5.41, 5.74) is 0.789. The predicted molar refractivity (Wildman–Crippen MR) is 99.2 cm³/mol. The molecule has 4 nitrogen and oxygen atoms in total. The van der Waals surface area contributed by atoms with Crippen molar-refractivity contribution in [1.82, 2.24) is 5.32 Å². The Kier molecular flexibility index (Phi) is 8.90. The van der Waals surface area contributed by atoms with E-state index in [4.69, 9.17) is 21.1 Å². The molecule has 0 aliphatic rings. The molecule has 0 saturated carbocycles. The molecule has 132 valence electrons. The van der Waals surface area contributed by atoms with Gasteiger partial charge >= 0.3 is 5.97 Å². The maximum atomic E-state index is 11.1. The van der Waals surface area contributed by atoms with Crippen molar-refractivity contribution in [3.63, 3.8) is 0 Å². The van der Waals surface area contributed by atoms with Crippen LogP contribution >= 0.6 is 24.0 Å². The molecule has 0 unspecified atom stereocenters. The molecule has 0 spiro atoms. The van der Waals surface area contributed by atoms with Crippen LogP contribution in [-0.4, -0.2) is 17.6 Å². The van der Waals surface area contributed by atoms with E-state index in [1.54, 1.807) is 6.07 Å². The summed E-state index contributed by atoms with van der Waals surface area (Å²) in [4.78, 5) is 11.1. The highest BCUT2D eigenvalue weighted by molar-refractivity contribution is 6.33. The van der Waals surface area contributed by atoms with Gasteiger partial charge in [-0.25, -0.2) is 4.79 Å². The van der Waals surface area contributed by atoms with Crippen LogP contribution in [0.1, 0.15) is 48.7 Å². The number of carboxylic acid groups (broad SMARTS) is 1. The minimum atomic E-state index is -0.983. The number of benzene rings is 1. The van der Waals surface area contributed by atoms with E-state index in [-0.39, 0.29) is 18.0 Å². The monoisotopic (exact) mass is 371 g/mol. The van der Waals surface area contributed by atoms with Gasteiger partial charge in [-0.05, 0) is 43.3 Å². The number of carbonyl (C=O) groups is 1. The van der Waals surface area contributed by atoms with Gasteiger partial charge in [-0.3, -0.25) is 0 Å². The molecule has 0 aliphatic heterocycles. The van der Waals surface area contributed by atoms with Gasteiger partial charge < -0.3 is 14.8 Å². The van der Waals surface area contributed by atoms with Gasteiger partial charge in [0.1, 0.15) is 11.5 Å². The summed E-state index contributed by atoms with van der Waals surface area (Å²) >= 11 is 6.15. The van der Waals surface area contributed by atoms with E-state index >= 15 is 0 Å². The fourth-order valence-electron chi connectivity index (χ4n) is 2.35. The highest BCUT2D eigenvalue weighted by Crippen LogP contribution is 2.30. The number of nitrogens with one attached hydrogen (secondary N) is 1. The van der Waals surface area contributed by atoms with Crippen molar-refractivity contribution < 1.29 is 14.3 Å². The van der Waals surface area contributed by atoms with Crippen LogP contribution in [-0.2, 0) is 6.54 Å². The van der Waals surface area contributed by atoms with Gasteiger partial charge in [0.05, 0.1) is 17.1 Å². The number of halogens is 2. The Balaban J connectivity index is 0.00000288. The summed E-state index contributed by atoms with van der Waals surface area (Å²) in [5, 5.41) is 12.9. The smallest absolute Gasteiger partial charge is 0.335 e. The minimum absolute atomic E-state index is 0. The van der Waals surface area contributed by atoms with Gasteiger partial charge in [-0.1, -0.05) is 37.8 Å². The van der Waals surface area contributed by atoms with Crippen LogP contribution in [0.4, 0.5) is 0 Å². The zero-order valence-corrected chi connectivity index (χ0v) is 15.3. The predicted octanol–water partition coefficient (Wildman–Crippen LogP) is 5.39. The number of furan rings is 1. The first-order valence-electron chi connectivity index (χ1n) is 7.94. The molecule has 2 aromatic rings. The summed E-state index contributed by atoms with van der Waals surface area (Å²) in [5.74, 6) is 0.414. The number of hydrogen-bond acceptors (Lipinski definition) is 3. The molecule has 2 rings (SSSR count). The molecule has 0 radical (unpaired) electrons. The Hall–Kier alpha value is -1.49. The Morgan fingerprint density at radius 2 is 2.00 bits per heavy atom. The molecule has 6 heteroatoms. The van der Waals surface area contributed by atoms with Gasteiger partial charge in [-0.2, -0.15) is 0 Å². The number of aromatic carboxylic acids is 1. The average molecular weight is 372 g/mol. The van der Waals surface area contributed by atoms with Crippen molar-refractivity contribution in [2.75, 3.05) is 6.54 Å². The zero-order valence-electron chi connectivity index (χ0n) is 13.7. The SMILES string of the molecule is CCCCCCNCc1ccc(-c2cc(C(=O)O)ccc2Cl)o1.Cl. The van der Waals surface area contributed by atoms with E-state index in [9.17, 15) is 4.79 Å². The molecule has 0 amide bonds. The lowest BCUT2D eigenvalue weighted by Gasteiger charge is -2.04. The van der Waals surface area contributed by atoms with Crippen LogP contribution in [0.15, 0.2) is 34.7 Å². The summed E-state index contributed by atoms with van der Waals surface area (Å²) < 4.78 is 5.77. The third-order valence-corrected chi connectivity index (χ3v) is 3.98. The number of hydrogen-bond donors (Lipinski definition) is 2. The number of rotatable bonds is 9. The Morgan fingerprint density at radius 3 is 2.71 bits per heavy atom. The Morgan fingerprint density at radius 1 is 1.21 bits per heavy atom. The Labute approximate surface area is 153 Å². The molecular formula is C18H23Cl2NO3. The summed E-state index contributed by atoms with van der Waals surface area (Å²) in [6.45, 7) is 3.82. The van der Waals surface area contributed by atoms with Crippen molar-refractivity contribution >= 4 is 30.0 Å². The second-order valence-electron chi connectivity index (χ2n) is 5.50. The lowest BCUT2D eigenvalue weighted by molar-refractivity contribution is 0.0697. The van der Waals surface area contributed by atoms with Crippen molar-refractivity contribution in [2.24, 2.45) is 0 Å². The summed E-state index contributed by atoms with van der Waals surface area (Å²) in [6, 6.07) is 8.30. The summed E-state index contributed by atoms with van der Waals surface area (Å²) in [6.07, 6.45) is 4.90. The van der Waals surface area contributed by atoms with Gasteiger partial charge in [-0.15, -0.1) is 12.4 Å². The van der Waals surface area contributed by atoms with Crippen molar-refractivity contribution in [1.29, 1.82) is 0 Å². The van der Waals surface area contributed by atoms with Crippen LogP contribution in [0, 0.1) is 0 Å². The first kappa shape index (κ1) is 20.6. The minimum Gasteiger partial charge on any atom is -0.478 e. The first-order valence-corrected chi connectivity index (χ1v) is 8.32. The van der Waals surface area contributed by atoms with Gasteiger partial charge in [0.25, 0.3) is 0 Å². The Bertz CT molecular complexity index is 655. The van der Waals surface area contributed by atoms with E-state index in [2.05, 4.69) is 12.2 Å². The van der Waals surface area contributed by atoms with Crippen LogP contribution in [0.2, 0.25) is 5.02 Å². The quantitative estimate of drug-likeness (QED) is 0.580. The highest BCUT2D eigenvalue weighted by Gasteiger charge is 2.12. The summed E-state index contributed by atoms with van der Waals surface area (Å²) in [7, 11) is 0. The molecule has 1 aromatic carbocycles. The lowest BCUT2D eigenvalue weighted by atomic mass is 10.1. The lowest BCUT2D eigenvalue weighted by Crippen LogP contribution is -2.14. The van der Waals surface area contributed by atoms with E-state index < -0.39 is 5.97 Å². The molecule has 24 heavy (non-hydrogen) atoms. The normalized spacial score (nSPS) is 10.4. The maximum absolute atomic E-state index is 11.1. The fourth-order valence-corrected chi connectivity index (χ4v) is 2.56. The topological polar surface area (TPSA) is 62.5 Å². The van der Waals surface area contributed by atoms with Gasteiger partial charge in [0.15, 0.2) is 0 Å². The molecule has 0 fully saturated rings. The molecule has 1 aromatic heterocycles. The highest BCUT2D eigenvalue weighted by atomic mass is 35.5. The first-order chi connectivity index (χ1) is 11.1. The third-order valence-electron chi connectivity index (χ3n) is 3.65. The van der Waals surface area contributed by atoms with Crippen molar-refractivity contribution in [3.05, 3.63) is 46.7 Å². The van der Waals surface area contributed by atoms with Gasteiger partial charge in [0, 0.05) is 5.56 Å². The maximum Gasteiger partial charge on any atom is 0.335 e. The van der Waals surface area contributed by atoms with E-state index in [0.29, 0.717) is 22.9 Å². The standard InChI is InChI=1S/C18H22ClNO3.ClH/c1-2-3-4-5-10-20-12-14-7-9-17(23-14)15-11-13(18(21)22)6-8-16(15)19;/h6-9,11,20H,2-5,10,12H2,1H3,(H,21,22);1H. The van der Waals surface area contributed by atoms with E-state index in [1.807, 2.05) is 12.1 Å². The third kappa shape index (κ3) is 5.86. The van der Waals surface area contributed by atoms with Crippen LogP contribution in [0.5, 0.6) is 0 Å². The second-order valence-corrected chi connectivity index (χ2v) is 5.91. The average Bonchev–Trinajstić information content (AvgIpc) is 2.99. The van der Waals surface area contributed by atoms with Crippen LogP contribution in [0.3, 0.4) is 0 Å². The molecule has 0 saturated heterocycles. The molecule has 1 heterocycles. The second kappa shape index (κ2) is 10.4. The van der Waals surface area contributed by atoms with Crippen LogP contribution < -0.4 is 5.32 Å². The largest absolute Gasteiger partial charge is 0.478 e. The molecule has 0 atom stereocenters. The zero-order chi connectivity index (χ0) is 16.7. The van der Waals surface area contributed by atoms with Crippen LogP contribution in [0.25, 0.3) is 11.3 Å². The van der Waals surface area contributed by atoms with Crippen molar-refractivity contribution in [3.8, 4) is 11.3 Å².